The maximum Gasteiger partial charge on any atom is 0.396 e. The van der Waals surface area contributed by atoms with E-state index in [9.17, 15) is 24.1 Å². The van der Waals surface area contributed by atoms with Crippen LogP contribution in [0.3, 0.4) is 0 Å². The Hall–Kier alpha value is -2.51. The molecule has 0 spiro atoms. The molecule has 1 N–H and O–H groups in total. The average molecular weight is 242 g/mol. The van der Waals surface area contributed by atoms with Gasteiger partial charge in [-0.2, -0.15) is 0 Å². The first-order valence-corrected chi connectivity index (χ1v) is 4.29. The second-order valence-corrected chi connectivity index (χ2v) is 2.87. The highest BCUT2D eigenvalue weighted by atomic mass is 19.1. The van der Waals surface area contributed by atoms with E-state index in [2.05, 4.69) is 4.74 Å². The van der Waals surface area contributed by atoms with Gasteiger partial charge in [-0.3, -0.25) is 14.9 Å². The molecule has 1 aromatic rings. The van der Waals surface area contributed by atoms with Crippen LogP contribution in [0.1, 0.15) is 0 Å². The fraction of sp³-hybridized carbons (Fsp3) is 0.111. The summed E-state index contributed by atoms with van der Waals surface area (Å²) in [6.07, 6.45) is 0. The first kappa shape index (κ1) is 12.6. The van der Waals surface area contributed by atoms with Crippen molar-refractivity contribution in [1.82, 2.24) is 0 Å². The van der Waals surface area contributed by atoms with Gasteiger partial charge in [0.05, 0.1) is 23.8 Å². The van der Waals surface area contributed by atoms with Crippen LogP contribution in [0.5, 0.6) is 0 Å². The van der Waals surface area contributed by atoms with E-state index in [0.717, 1.165) is 19.2 Å². The van der Waals surface area contributed by atoms with Gasteiger partial charge in [-0.15, -0.1) is 0 Å². The highest BCUT2D eigenvalue weighted by Crippen LogP contribution is 2.20. The number of non-ortho nitro benzene ring substituents is 1. The first-order valence-electron chi connectivity index (χ1n) is 4.29. The van der Waals surface area contributed by atoms with E-state index in [1.165, 1.54) is 0 Å². The third-order valence-corrected chi connectivity index (χ3v) is 1.78. The van der Waals surface area contributed by atoms with Crippen LogP contribution in [0.4, 0.5) is 15.8 Å². The molecule has 1 amide bonds. The molecule has 0 aliphatic heterocycles. The molecule has 8 heteroatoms. The molecule has 90 valence electrons. The highest BCUT2D eigenvalue weighted by Gasteiger charge is 2.17. The van der Waals surface area contributed by atoms with Crippen molar-refractivity contribution in [1.29, 1.82) is 0 Å². The molecule has 0 heterocycles. The molecular weight excluding hydrogens is 235 g/mol. The molecule has 0 atom stereocenters. The molecule has 1 aromatic carbocycles. The van der Waals surface area contributed by atoms with Gasteiger partial charge < -0.3 is 10.1 Å². The van der Waals surface area contributed by atoms with E-state index in [1.807, 2.05) is 5.32 Å². The Morgan fingerprint density at radius 3 is 2.59 bits per heavy atom. The van der Waals surface area contributed by atoms with Crippen molar-refractivity contribution in [3.8, 4) is 0 Å². The van der Waals surface area contributed by atoms with Gasteiger partial charge in [0.1, 0.15) is 0 Å². The number of nitrogens with zero attached hydrogens (tertiary/aromatic N) is 1. The molecular formula is C9H7FN2O5. The Bertz CT molecular complexity index is 488. The number of hydrogen-bond acceptors (Lipinski definition) is 5. The van der Waals surface area contributed by atoms with Crippen LogP contribution in [-0.2, 0) is 14.3 Å². The number of nitro groups is 1. The topological polar surface area (TPSA) is 98.5 Å². The van der Waals surface area contributed by atoms with Gasteiger partial charge in [0.2, 0.25) is 0 Å². The monoisotopic (exact) mass is 242 g/mol. The maximum atomic E-state index is 13.3. The Kier molecular flexibility index (Phi) is 3.70. The summed E-state index contributed by atoms with van der Waals surface area (Å²) in [6.45, 7) is 0. The Balaban J connectivity index is 2.90. The van der Waals surface area contributed by atoms with Crippen LogP contribution < -0.4 is 5.32 Å². The van der Waals surface area contributed by atoms with Gasteiger partial charge in [-0.1, -0.05) is 0 Å². The molecule has 0 unspecified atom stereocenters. The fourth-order valence-electron chi connectivity index (χ4n) is 0.985. The number of amides is 1. The van der Waals surface area contributed by atoms with Crippen LogP contribution in [0.2, 0.25) is 0 Å². The number of hydrogen-bond donors (Lipinski definition) is 1. The molecule has 1 rings (SSSR count). The molecule has 0 radical (unpaired) electrons. The van der Waals surface area contributed by atoms with Crippen LogP contribution >= 0.6 is 0 Å². The number of ether oxygens (including phenoxy) is 1. The lowest BCUT2D eigenvalue weighted by molar-refractivity contribution is -0.385. The van der Waals surface area contributed by atoms with Crippen LogP contribution in [0.25, 0.3) is 0 Å². The van der Waals surface area contributed by atoms with Gasteiger partial charge in [0.15, 0.2) is 5.82 Å². The molecule has 7 nitrogen and oxygen atoms in total. The Labute approximate surface area is 94.3 Å². The summed E-state index contributed by atoms with van der Waals surface area (Å²) < 4.78 is 17.4. The number of anilines is 1. The summed E-state index contributed by atoms with van der Waals surface area (Å²) in [5.41, 5.74) is -0.801. The second-order valence-electron chi connectivity index (χ2n) is 2.87. The minimum Gasteiger partial charge on any atom is -0.462 e. The molecule has 17 heavy (non-hydrogen) atoms. The second kappa shape index (κ2) is 5.01. The zero-order chi connectivity index (χ0) is 13.0. The number of nitrogens with one attached hydrogen (secondary N) is 1. The summed E-state index contributed by atoms with van der Waals surface area (Å²) in [6, 6.07) is 2.61. The van der Waals surface area contributed by atoms with Crippen molar-refractivity contribution >= 4 is 23.3 Å². The average Bonchev–Trinajstić information content (AvgIpc) is 2.30. The van der Waals surface area contributed by atoms with Crippen molar-refractivity contribution in [3.05, 3.63) is 34.1 Å². The van der Waals surface area contributed by atoms with Crippen LogP contribution in [0.15, 0.2) is 18.2 Å². The van der Waals surface area contributed by atoms with E-state index in [1.54, 1.807) is 0 Å². The lowest BCUT2D eigenvalue weighted by Gasteiger charge is -2.04. The van der Waals surface area contributed by atoms with Gasteiger partial charge in [0, 0.05) is 6.07 Å². The standard InChI is InChI=1S/C9H7FN2O5/c1-17-9(14)8(13)11-7-3-2-5(12(15)16)4-6(7)10/h2-4H,1H3,(H,11,13). The normalized spacial score (nSPS) is 9.53. The number of carbonyl (C=O) groups excluding carboxylic acids is 2. The molecule has 0 fully saturated rings. The van der Waals surface area contributed by atoms with E-state index in [0.29, 0.717) is 6.07 Å². The lowest BCUT2D eigenvalue weighted by atomic mass is 10.2. The van der Waals surface area contributed by atoms with Crippen molar-refractivity contribution in [2.45, 2.75) is 0 Å². The van der Waals surface area contributed by atoms with E-state index in [-0.39, 0.29) is 5.69 Å². The first-order chi connectivity index (χ1) is 7.95. The Morgan fingerprint density at radius 2 is 2.12 bits per heavy atom. The predicted molar refractivity (Wildman–Crippen MR) is 53.7 cm³/mol. The molecule has 0 saturated heterocycles. The number of nitro benzene ring substituents is 1. The zero-order valence-corrected chi connectivity index (χ0v) is 8.60. The predicted octanol–water partition coefficient (Wildman–Crippen LogP) is 0.845. The zero-order valence-electron chi connectivity index (χ0n) is 8.60. The Morgan fingerprint density at radius 1 is 1.47 bits per heavy atom. The summed E-state index contributed by atoms with van der Waals surface area (Å²) >= 11 is 0. The molecule has 0 aromatic heterocycles. The van der Waals surface area contributed by atoms with Gasteiger partial charge in [0.25, 0.3) is 5.69 Å². The van der Waals surface area contributed by atoms with Crippen molar-refractivity contribution < 1.29 is 23.6 Å². The molecule has 0 aliphatic rings. The van der Waals surface area contributed by atoms with E-state index < -0.39 is 28.3 Å². The minimum atomic E-state index is -1.19. The smallest absolute Gasteiger partial charge is 0.396 e. The number of benzene rings is 1. The number of carbonyl (C=O) groups is 2. The third-order valence-electron chi connectivity index (χ3n) is 1.78. The van der Waals surface area contributed by atoms with Crippen LogP contribution in [-0.4, -0.2) is 23.9 Å². The van der Waals surface area contributed by atoms with Crippen molar-refractivity contribution in [3.63, 3.8) is 0 Å². The number of halogens is 1. The molecule has 0 saturated carbocycles. The molecule has 0 aliphatic carbocycles. The van der Waals surface area contributed by atoms with Crippen LogP contribution in [0, 0.1) is 15.9 Å². The third kappa shape index (κ3) is 2.97. The summed E-state index contributed by atoms with van der Waals surface area (Å²) in [5, 5.41) is 12.2. The summed E-state index contributed by atoms with van der Waals surface area (Å²) in [7, 11) is 0.994. The maximum absolute atomic E-state index is 13.3. The number of esters is 1. The highest BCUT2D eigenvalue weighted by molar-refractivity contribution is 6.37. The largest absolute Gasteiger partial charge is 0.462 e. The molecule has 0 bridgehead atoms. The summed E-state index contributed by atoms with van der Waals surface area (Å²) in [4.78, 5) is 31.3. The fourth-order valence-corrected chi connectivity index (χ4v) is 0.985. The number of rotatable bonds is 2. The van der Waals surface area contributed by atoms with Gasteiger partial charge >= 0.3 is 11.9 Å². The van der Waals surface area contributed by atoms with Crippen molar-refractivity contribution in [2.24, 2.45) is 0 Å². The van der Waals surface area contributed by atoms with E-state index in [4.69, 9.17) is 0 Å². The minimum absolute atomic E-state index is 0.342. The van der Waals surface area contributed by atoms with E-state index >= 15 is 0 Å². The van der Waals surface area contributed by atoms with Gasteiger partial charge in [-0.05, 0) is 6.07 Å². The summed E-state index contributed by atoms with van der Waals surface area (Å²) in [5.74, 6) is -3.38. The number of methoxy groups -OCH3 is 1. The SMILES string of the molecule is COC(=O)C(=O)Nc1ccc([N+](=O)[O-])cc1F. The quantitative estimate of drug-likeness (QED) is 0.358. The lowest BCUT2D eigenvalue weighted by Crippen LogP contribution is -2.24. The van der Waals surface area contributed by atoms with Crippen molar-refractivity contribution in [2.75, 3.05) is 12.4 Å². The van der Waals surface area contributed by atoms with Gasteiger partial charge in [-0.25, -0.2) is 9.18 Å².